The van der Waals surface area contributed by atoms with Gasteiger partial charge in [0.2, 0.25) is 11.8 Å². The van der Waals surface area contributed by atoms with Crippen LogP contribution in [0.5, 0.6) is 5.75 Å². The fourth-order valence-electron chi connectivity index (χ4n) is 3.25. The quantitative estimate of drug-likeness (QED) is 0.756. The maximum Gasteiger partial charge on any atom is 0.234 e. The molecule has 1 heterocycles. The van der Waals surface area contributed by atoms with Crippen molar-refractivity contribution in [3.05, 3.63) is 54.1 Å². The molecule has 2 amide bonds. The number of methoxy groups -OCH3 is 1. The molecule has 0 bridgehead atoms. The Kier molecular flexibility index (Phi) is 7.41. The van der Waals surface area contributed by atoms with Crippen molar-refractivity contribution in [2.45, 2.75) is 6.92 Å². The lowest BCUT2D eigenvalue weighted by atomic mass is 10.2. The summed E-state index contributed by atoms with van der Waals surface area (Å²) in [6.07, 6.45) is 0. The summed E-state index contributed by atoms with van der Waals surface area (Å²) >= 11 is 1.36. The van der Waals surface area contributed by atoms with Crippen molar-refractivity contribution >= 4 is 35.0 Å². The van der Waals surface area contributed by atoms with Gasteiger partial charge in [0.15, 0.2) is 0 Å². The zero-order chi connectivity index (χ0) is 20.6. The molecule has 6 nitrogen and oxygen atoms in total. The first-order valence-electron chi connectivity index (χ1n) is 9.66. The van der Waals surface area contributed by atoms with Gasteiger partial charge in [-0.05, 0) is 48.9 Å². The molecule has 2 aromatic rings. The van der Waals surface area contributed by atoms with Crippen molar-refractivity contribution in [2.75, 3.05) is 55.0 Å². The van der Waals surface area contributed by atoms with E-state index in [1.165, 1.54) is 11.8 Å². The molecular formula is C22H27N3O3S. The molecule has 3 rings (SSSR count). The molecule has 0 atom stereocenters. The van der Waals surface area contributed by atoms with Crippen LogP contribution in [0.25, 0.3) is 0 Å². The third-order valence-electron chi connectivity index (χ3n) is 4.83. The van der Waals surface area contributed by atoms with Crippen LogP contribution >= 0.6 is 11.8 Å². The molecule has 1 saturated heterocycles. The summed E-state index contributed by atoms with van der Waals surface area (Å²) in [5.74, 6) is 1.44. The van der Waals surface area contributed by atoms with Crippen LogP contribution in [0.3, 0.4) is 0 Å². The van der Waals surface area contributed by atoms with E-state index in [-0.39, 0.29) is 17.6 Å². The SMILES string of the molecule is COc1ccc(N2CCN(C(=O)CSCC(=O)Nc3cccc(C)c3)CC2)cc1. The van der Waals surface area contributed by atoms with Gasteiger partial charge in [-0.1, -0.05) is 12.1 Å². The second kappa shape index (κ2) is 10.2. The highest BCUT2D eigenvalue weighted by Gasteiger charge is 2.21. The summed E-state index contributed by atoms with van der Waals surface area (Å²) < 4.78 is 5.20. The van der Waals surface area contributed by atoms with E-state index in [0.717, 1.165) is 35.8 Å². The first kappa shape index (κ1) is 21.0. The van der Waals surface area contributed by atoms with Gasteiger partial charge in [0, 0.05) is 37.6 Å². The fourth-order valence-corrected chi connectivity index (χ4v) is 3.97. The second-order valence-corrected chi connectivity index (χ2v) is 7.96. The fraction of sp³-hybridized carbons (Fsp3) is 0.364. The summed E-state index contributed by atoms with van der Waals surface area (Å²) in [6.45, 7) is 4.98. The molecule has 0 saturated carbocycles. The lowest BCUT2D eigenvalue weighted by Gasteiger charge is -2.36. The summed E-state index contributed by atoms with van der Waals surface area (Å²) in [5.41, 5.74) is 3.02. The Bertz CT molecular complexity index is 833. The molecule has 7 heteroatoms. The third kappa shape index (κ3) is 6.15. The van der Waals surface area contributed by atoms with E-state index in [2.05, 4.69) is 10.2 Å². The first-order chi connectivity index (χ1) is 14.0. The number of aryl methyl sites for hydroxylation is 1. The minimum Gasteiger partial charge on any atom is -0.497 e. The van der Waals surface area contributed by atoms with Gasteiger partial charge < -0.3 is 19.9 Å². The molecule has 0 radical (unpaired) electrons. The van der Waals surface area contributed by atoms with Crippen molar-refractivity contribution in [1.29, 1.82) is 0 Å². The average Bonchev–Trinajstić information content (AvgIpc) is 2.74. The monoisotopic (exact) mass is 413 g/mol. The van der Waals surface area contributed by atoms with Crippen LogP contribution in [0, 0.1) is 6.92 Å². The molecule has 29 heavy (non-hydrogen) atoms. The summed E-state index contributed by atoms with van der Waals surface area (Å²) in [4.78, 5) is 28.7. The second-order valence-electron chi connectivity index (χ2n) is 6.98. The Labute approximate surface area is 176 Å². The number of rotatable bonds is 7. The topological polar surface area (TPSA) is 61.9 Å². The minimum atomic E-state index is -0.0854. The molecule has 1 aliphatic rings. The van der Waals surface area contributed by atoms with E-state index in [1.807, 2.05) is 60.4 Å². The number of anilines is 2. The lowest BCUT2D eigenvalue weighted by molar-refractivity contribution is -0.128. The molecule has 154 valence electrons. The Morgan fingerprint density at radius 1 is 1.03 bits per heavy atom. The van der Waals surface area contributed by atoms with Crippen LogP contribution in [-0.4, -0.2) is 61.5 Å². The van der Waals surface area contributed by atoms with Gasteiger partial charge in [-0.2, -0.15) is 0 Å². The van der Waals surface area contributed by atoms with Gasteiger partial charge >= 0.3 is 0 Å². The van der Waals surface area contributed by atoms with E-state index in [9.17, 15) is 9.59 Å². The van der Waals surface area contributed by atoms with E-state index in [0.29, 0.717) is 18.8 Å². The highest BCUT2D eigenvalue weighted by molar-refractivity contribution is 8.00. The number of benzene rings is 2. The van der Waals surface area contributed by atoms with Crippen LogP contribution < -0.4 is 15.0 Å². The van der Waals surface area contributed by atoms with E-state index >= 15 is 0 Å². The molecule has 1 aliphatic heterocycles. The number of piperazine rings is 1. The van der Waals surface area contributed by atoms with Crippen molar-refractivity contribution < 1.29 is 14.3 Å². The van der Waals surface area contributed by atoms with E-state index in [4.69, 9.17) is 4.74 Å². The number of carbonyl (C=O) groups is 2. The normalized spacial score (nSPS) is 13.9. The Morgan fingerprint density at radius 3 is 2.41 bits per heavy atom. The van der Waals surface area contributed by atoms with Gasteiger partial charge in [-0.15, -0.1) is 11.8 Å². The van der Waals surface area contributed by atoms with Gasteiger partial charge in [0.25, 0.3) is 0 Å². The van der Waals surface area contributed by atoms with Crippen LogP contribution in [0.4, 0.5) is 11.4 Å². The largest absolute Gasteiger partial charge is 0.497 e. The molecule has 0 aromatic heterocycles. The maximum absolute atomic E-state index is 12.4. The molecular weight excluding hydrogens is 386 g/mol. The van der Waals surface area contributed by atoms with Crippen molar-refractivity contribution in [3.8, 4) is 5.75 Å². The standard InChI is InChI=1S/C22H27N3O3S/c1-17-4-3-5-18(14-17)23-21(26)15-29-16-22(27)25-12-10-24(11-13-25)19-6-8-20(28-2)9-7-19/h3-9,14H,10-13,15-16H2,1-2H3,(H,23,26). The van der Waals surface area contributed by atoms with Gasteiger partial charge in [0.1, 0.15) is 5.75 Å². The van der Waals surface area contributed by atoms with Crippen molar-refractivity contribution in [3.63, 3.8) is 0 Å². The van der Waals surface area contributed by atoms with Crippen molar-refractivity contribution in [2.24, 2.45) is 0 Å². The van der Waals surface area contributed by atoms with Crippen LogP contribution in [0.15, 0.2) is 48.5 Å². The van der Waals surface area contributed by atoms with Gasteiger partial charge in [-0.3, -0.25) is 9.59 Å². The zero-order valence-electron chi connectivity index (χ0n) is 16.9. The predicted octanol–water partition coefficient (Wildman–Crippen LogP) is 3.02. The zero-order valence-corrected chi connectivity index (χ0v) is 17.7. The summed E-state index contributed by atoms with van der Waals surface area (Å²) in [7, 11) is 1.66. The molecule has 1 fully saturated rings. The molecule has 0 unspecified atom stereocenters. The predicted molar refractivity (Wildman–Crippen MR) is 119 cm³/mol. The Hall–Kier alpha value is -2.67. The number of nitrogens with one attached hydrogen (secondary N) is 1. The number of ether oxygens (including phenoxy) is 1. The number of nitrogens with zero attached hydrogens (tertiary/aromatic N) is 2. The molecule has 1 N–H and O–H groups in total. The summed E-state index contributed by atoms with van der Waals surface area (Å²) in [6, 6.07) is 15.7. The summed E-state index contributed by atoms with van der Waals surface area (Å²) in [5, 5.41) is 2.87. The minimum absolute atomic E-state index is 0.0854. The van der Waals surface area contributed by atoms with E-state index < -0.39 is 0 Å². The van der Waals surface area contributed by atoms with Crippen molar-refractivity contribution in [1.82, 2.24) is 4.90 Å². The highest BCUT2D eigenvalue weighted by atomic mass is 32.2. The number of carbonyl (C=O) groups excluding carboxylic acids is 2. The first-order valence-corrected chi connectivity index (χ1v) is 10.8. The number of hydrogen-bond donors (Lipinski definition) is 1. The lowest BCUT2D eigenvalue weighted by Crippen LogP contribution is -2.49. The number of hydrogen-bond acceptors (Lipinski definition) is 5. The maximum atomic E-state index is 12.4. The molecule has 0 spiro atoms. The molecule has 0 aliphatic carbocycles. The Balaban J connectivity index is 1.37. The van der Waals surface area contributed by atoms with Gasteiger partial charge in [0.05, 0.1) is 18.6 Å². The number of amides is 2. The van der Waals surface area contributed by atoms with Crippen LogP contribution in [-0.2, 0) is 9.59 Å². The van der Waals surface area contributed by atoms with E-state index in [1.54, 1.807) is 7.11 Å². The number of thioether (sulfide) groups is 1. The smallest absolute Gasteiger partial charge is 0.234 e. The molecule has 2 aromatic carbocycles. The highest BCUT2D eigenvalue weighted by Crippen LogP contribution is 2.20. The Morgan fingerprint density at radius 2 is 1.76 bits per heavy atom. The third-order valence-corrected chi connectivity index (χ3v) is 5.75. The van der Waals surface area contributed by atoms with Gasteiger partial charge in [-0.25, -0.2) is 0 Å². The van der Waals surface area contributed by atoms with Crippen LogP contribution in [0.1, 0.15) is 5.56 Å². The van der Waals surface area contributed by atoms with Crippen LogP contribution in [0.2, 0.25) is 0 Å². The average molecular weight is 414 g/mol.